The minimum Gasteiger partial charge on any atom is -0.462 e. The Morgan fingerprint density at radius 2 is 1.24 bits per heavy atom. The molecule has 3 rings (SSSR count). The van der Waals surface area contributed by atoms with Gasteiger partial charge in [0, 0.05) is 24.2 Å². The summed E-state index contributed by atoms with van der Waals surface area (Å²) in [5.74, 6) is -0.729. The van der Waals surface area contributed by atoms with Crippen molar-refractivity contribution >= 4 is 11.9 Å². The largest absolute Gasteiger partial charge is 0.462 e. The van der Waals surface area contributed by atoms with Crippen LogP contribution in [0.4, 0.5) is 0 Å². The highest BCUT2D eigenvalue weighted by molar-refractivity contribution is 5.87. The summed E-state index contributed by atoms with van der Waals surface area (Å²) in [5.41, 5.74) is 10.1. The van der Waals surface area contributed by atoms with E-state index in [1.165, 1.54) is 22.3 Å². The van der Waals surface area contributed by atoms with Gasteiger partial charge in [-0.25, -0.2) is 9.59 Å². The Morgan fingerprint density at radius 3 is 1.88 bits per heavy atom. The van der Waals surface area contributed by atoms with Crippen LogP contribution in [0.2, 0.25) is 0 Å². The Balaban J connectivity index is 1.84. The first kappa shape index (κ1) is 31.6. The number of hydrogen-bond donors (Lipinski definition) is 1. The maximum atomic E-state index is 12.0. The quantitative estimate of drug-likeness (QED) is 0.122. The topological polar surface area (TPSA) is 72.8 Å². The second kappa shape index (κ2) is 15.7. The van der Waals surface area contributed by atoms with E-state index in [0.29, 0.717) is 24.2 Å². The molecular weight excluding hydrogens is 512 g/mol. The standard InChI is InChI=1S/C36H42O5/c1-6-29-23-28(9-7-20-37)13-17-33(29)34-18-16-31(24-32(34)19-22-41-36(39)26(4)5)30-14-11-27(12-15-30)10-8-21-40-35(38)25(2)3/h11-18,23-24,37H,2,4,6-10,19-22H2,1,3,5H3. The van der Waals surface area contributed by atoms with Gasteiger partial charge in [-0.05, 0) is 90.5 Å². The number of aliphatic hydroxyl groups is 1. The molecule has 0 fully saturated rings. The first-order chi connectivity index (χ1) is 19.7. The molecule has 5 heteroatoms. The van der Waals surface area contributed by atoms with E-state index in [4.69, 9.17) is 9.47 Å². The third kappa shape index (κ3) is 9.29. The number of ether oxygens (including phenoxy) is 2. The van der Waals surface area contributed by atoms with Crippen LogP contribution >= 0.6 is 0 Å². The molecule has 0 aliphatic rings. The van der Waals surface area contributed by atoms with Crippen molar-refractivity contribution < 1.29 is 24.2 Å². The van der Waals surface area contributed by atoms with Crippen molar-refractivity contribution in [3.8, 4) is 22.3 Å². The molecule has 0 radical (unpaired) electrons. The fourth-order valence-corrected chi connectivity index (χ4v) is 4.69. The Kier molecular flexibility index (Phi) is 12.1. The average molecular weight is 555 g/mol. The van der Waals surface area contributed by atoms with Crippen molar-refractivity contribution in [1.82, 2.24) is 0 Å². The van der Waals surface area contributed by atoms with Crippen LogP contribution in [-0.2, 0) is 44.7 Å². The molecule has 0 aliphatic heterocycles. The molecule has 216 valence electrons. The van der Waals surface area contributed by atoms with Crippen LogP contribution in [0.15, 0.2) is 85.0 Å². The van der Waals surface area contributed by atoms with Crippen LogP contribution < -0.4 is 0 Å². The monoisotopic (exact) mass is 554 g/mol. The van der Waals surface area contributed by atoms with Gasteiger partial charge in [0.2, 0.25) is 0 Å². The molecular formula is C36H42O5. The molecule has 0 atom stereocenters. The van der Waals surface area contributed by atoms with Gasteiger partial charge in [-0.2, -0.15) is 0 Å². The summed E-state index contributed by atoms with van der Waals surface area (Å²) >= 11 is 0. The lowest BCUT2D eigenvalue weighted by Crippen LogP contribution is -2.09. The van der Waals surface area contributed by atoms with Crippen LogP contribution in [0.25, 0.3) is 22.3 Å². The molecule has 41 heavy (non-hydrogen) atoms. The number of benzene rings is 3. The van der Waals surface area contributed by atoms with Crippen LogP contribution in [0, 0.1) is 0 Å². The molecule has 0 unspecified atom stereocenters. The zero-order chi connectivity index (χ0) is 29.8. The van der Waals surface area contributed by atoms with E-state index >= 15 is 0 Å². The number of aryl methyl sites for hydroxylation is 3. The van der Waals surface area contributed by atoms with E-state index in [2.05, 4.69) is 80.7 Å². The van der Waals surface area contributed by atoms with Gasteiger partial charge in [-0.1, -0.05) is 80.7 Å². The van der Waals surface area contributed by atoms with Crippen LogP contribution in [0.1, 0.15) is 55.9 Å². The molecule has 0 aliphatic carbocycles. The number of carbonyl (C=O) groups is 2. The van der Waals surface area contributed by atoms with E-state index < -0.39 is 0 Å². The molecule has 0 aromatic heterocycles. The van der Waals surface area contributed by atoms with Gasteiger partial charge >= 0.3 is 11.9 Å². The number of hydrogen-bond acceptors (Lipinski definition) is 5. The Labute approximate surface area is 244 Å². The van der Waals surface area contributed by atoms with E-state index in [-0.39, 0.29) is 25.2 Å². The van der Waals surface area contributed by atoms with Crippen molar-refractivity contribution in [3.63, 3.8) is 0 Å². The van der Waals surface area contributed by atoms with Gasteiger partial charge in [0.1, 0.15) is 0 Å². The zero-order valence-electron chi connectivity index (χ0n) is 24.6. The Morgan fingerprint density at radius 1 is 0.683 bits per heavy atom. The van der Waals surface area contributed by atoms with E-state index in [9.17, 15) is 14.7 Å². The summed E-state index contributed by atoms with van der Waals surface area (Å²) in [5, 5.41) is 9.24. The number of rotatable bonds is 15. The van der Waals surface area contributed by atoms with E-state index in [0.717, 1.165) is 54.4 Å². The van der Waals surface area contributed by atoms with Crippen molar-refractivity contribution in [2.24, 2.45) is 0 Å². The first-order valence-electron chi connectivity index (χ1n) is 14.3. The van der Waals surface area contributed by atoms with Crippen molar-refractivity contribution in [1.29, 1.82) is 0 Å². The zero-order valence-corrected chi connectivity index (χ0v) is 24.6. The molecule has 0 saturated heterocycles. The summed E-state index contributed by atoms with van der Waals surface area (Å²) in [6.45, 7) is 13.6. The summed E-state index contributed by atoms with van der Waals surface area (Å²) in [6, 6.07) is 21.5. The van der Waals surface area contributed by atoms with Gasteiger partial charge in [0.15, 0.2) is 0 Å². The second-order valence-electron chi connectivity index (χ2n) is 10.4. The highest BCUT2D eigenvalue weighted by Crippen LogP contribution is 2.33. The lowest BCUT2D eigenvalue weighted by molar-refractivity contribution is -0.139. The predicted molar refractivity (Wildman–Crippen MR) is 166 cm³/mol. The van der Waals surface area contributed by atoms with Gasteiger partial charge in [-0.3, -0.25) is 0 Å². The van der Waals surface area contributed by atoms with Crippen LogP contribution in [0.5, 0.6) is 0 Å². The molecule has 0 saturated carbocycles. The second-order valence-corrected chi connectivity index (χ2v) is 10.4. The van der Waals surface area contributed by atoms with Crippen LogP contribution in [-0.4, -0.2) is 36.9 Å². The minimum atomic E-state index is -0.379. The normalized spacial score (nSPS) is 10.7. The molecule has 3 aromatic rings. The summed E-state index contributed by atoms with van der Waals surface area (Å²) in [7, 11) is 0. The number of aliphatic hydroxyl groups excluding tert-OH is 1. The fourth-order valence-electron chi connectivity index (χ4n) is 4.69. The summed E-state index contributed by atoms with van der Waals surface area (Å²) in [4.78, 5) is 23.6. The maximum Gasteiger partial charge on any atom is 0.333 e. The first-order valence-corrected chi connectivity index (χ1v) is 14.3. The summed E-state index contributed by atoms with van der Waals surface area (Å²) < 4.78 is 10.7. The van der Waals surface area contributed by atoms with Crippen LogP contribution in [0.3, 0.4) is 0 Å². The van der Waals surface area contributed by atoms with E-state index in [1.54, 1.807) is 13.8 Å². The lowest BCUT2D eigenvalue weighted by atomic mass is 9.89. The highest BCUT2D eigenvalue weighted by Gasteiger charge is 2.13. The maximum absolute atomic E-state index is 12.0. The fraction of sp³-hybridized carbons (Fsp3) is 0.333. The molecule has 0 spiro atoms. The number of carbonyl (C=O) groups excluding carboxylic acids is 2. The Hall–Kier alpha value is -3.96. The van der Waals surface area contributed by atoms with Gasteiger partial charge < -0.3 is 14.6 Å². The molecule has 1 N–H and O–H groups in total. The SMILES string of the molecule is C=C(C)C(=O)OCCCc1ccc(-c2ccc(-c3ccc(CCCO)cc3CC)c(CCOC(=O)C(=C)C)c2)cc1. The van der Waals surface area contributed by atoms with Gasteiger partial charge in [-0.15, -0.1) is 0 Å². The highest BCUT2D eigenvalue weighted by atomic mass is 16.5. The third-order valence-corrected chi connectivity index (χ3v) is 7.00. The van der Waals surface area contributed by atoms with E-state index in [1.807, 2.05) is 0 Å². The summed E-state index contributed by atoms with van der Waals surface area (Å²) in [6.07, 6.45) is 4.63. The minimum absolute atomic E-state index is 0.184. The average Bonchev–Trinajstić information content (AvgIpc) is 2.98. The number of esters is 2. The lowest BCUT2D eigenvalue weighted by Gasteiger charge is -2.17. The molecule has 3 aromatic carbocycles. The molecule has 0 amide bonds. The Bertz CT molecular complexity index is 1370. The molecule has 5 nitrogen and oxygen atoms in total. The third-order valence-electron chi connectivity index (χ3n) is 7.00. The van der Waals surface area contributed by atoms with Crippen molar-refractivity contribution in [2.75, 3.05) is 19.8 Å². The van der Waals surface area contributed by atoms with Gasteiger partial charge in [0.25, 0.3) is 0 Å². The predicted octanol–water partition coefficient (Wildman–Crippen LogP) is 7.22. The van der Waals surface area contributed by atoms with Crippen molar-refractivity contribution in [2.45, 2.75) is 59.3 Å². The molecule has 0 bridgehead atoms. The van der Waals surface area contributed by atoms with Gasteiger partial charge in [0.05, 0.1) is 13.2 Å². The smallest absolute Gasteiger partial charge is 0.333 e. The molecule has 0 heterocycles. The van der Waals surface area contributed by atoms with Crippen molar-refractivity contribution in [3.05, 3.63) is 107 Å².